The number of nitrogens with one attached hydrogen (secondary N) is 2. The van der Waals surface area contributed by atoms with Gasteiger partial charge in [-0.1, -0.05) is 23.2 Å². The zero-order valence-electron chi connectivity index (χ0n) is 14.7. The summed E-state index contributed by atoms with van der Waals surface area (Å²) in [6.45, 7) is 0.745. The number of urea groups is 1. The number of aromatic nitrogens is 3. The first-order valence-corrected chi connectivity index (χ1v) is 9.26. The first kappa shape index (κ1) is 19.9. The summed E-state index contributed by atoms with van der Waals surface area (Å²) < 4.78 is 1.38. The molecule has 1 aromatic carbocycles. The summed E-state index contributed by atoms with van der Waals surface area (Å²) in [4.78, 5) is 27.9. The van der Waals surface area contributed by atoms with Gasteiger partial charge in [0.25, 0.3) is 5.56 Å². The van der Waals surface area contributed by atoms with Gasteiger partial charge in [0.15, 0.2) is 0 Å². The van der Waals surface area contributed by atoms with Crippen molar-refractivity contribution < 1.29 is 4.79 Å². The van der Waals surface area contributed by atoms with Crippen molar-refractivity contribution >= 4 is 34.9 Å². The fourth-order valence-electron chi connectivity index (χ4n) is 2.52. The van der Waals surface area contributed by atoms with Gasteiger partial charge in [-0.3, -0.25) is 9.78 Å². The predicted octanol–water partition coefficient (Wildman–Crippen LogP) is 3.82. The minimum absolute atomic E-state index is 0.198. The summed E-state index contributed by atoms with van der Waals surface area (Å²) in [6, 6.07) is 11.2. The van der Waals surface area contributed by atoms with Crippen molar-refractivity contribution in [3.05, 3.63) is 75.3 Å². The van der Waals surface area contributed by atoms with E-state index in [-0.39, 0.29) is 11.6 Å². The van der Waals surface area contributed by atoms with Crippen molar-refractivity contribution in [2.45, 2.75) is 13.0 Å². The summed E-state index contributed by atoms with van der Waals surface area (Å²) in [5, 5.41) is 10.6. The lowest BCUT2D eigenvalue weighted by atomic mass is 10.2. The molecule has 0 saturated carbocycles. The number of carbonyl (C=O) groups is 1. The Morgan fingerprint density at radius 1 is 1.04 bits per heavy atom. The van der Waals surface area contributed by atoms with Crippen molar-refractivity contribution in [3.63, 3.8) is 0 Å². The number of pyridine rings is 1. The molecule has 2 aromatic heterocycles. The van der Waals surface area contributed by atoms with E-state index in [1.165, 1.54) is 10.7 Å². The van der Waals surface area contributed by atoms with Gasteiger partial charge in [0.1, 0.15) is 0 Å². The average molecular weight is 418 g/mol. The molecule has 0 fully saturated rings. The van der Waals surface area contributed by atoms with E-state index in [4.69, 9.17) is 23.2 Å². The van der Waals surface area contributed by atoms with Gasteiger partial charge in [-0.05, 0) is 42.8 Å². The Hall–Kier alpha value is -2.90. The van der Waals surface area contributed by atoms with E-state index in [1.54, 1.807) is 36.7 Å². The van der Waals surface area contributed by atoms with Gasteiger partial charge < -0.3 is 10.6 Å². The molecule has 3 rings (SSSR count). The molecule has 3 aromatic rings. The standard InChI is InChI=1S/C19H17Cl2N5O2/c20-14-10-15(21)12-16(11-14)24-19(28)23-6-1-9-26-18(27)3-2-17(25-26)13-4-7-22-8-5-13/h2-5,7-8,10-12H,1,6,9H2,(H2,23,24,28). The number of aryl methyl sites for hydroxylation is 1. The molecule has 7 nitrogen and oxygen atoms in total. The number of amides is 2. The van der Waals surface area contributed by atoms with Crippen molar-refractivity contribution in [2.24, 2.45) is 0 Å². The molecule has 0 aliphatic rings. The number of halogens is 2. The topological polar surface area (TPSA) is 88.9 Å². The number of anilines is 1. The van der Waals surface area contributed by atoms with Crippen LogP contribution < -0.4 is 16.2 Å². The quantitative estimate of drug-likeness (QED) is 0.596. The lowest BCUT2D eigenvalue weighted by molar-refractivity contribution is 0.251. The van der Waals surface area contributed by atoms with Gasteiger partial charge in [0.05, 0.1) is 5.69 Å². The number of nitrogens with zero attached hydrogens (tertiary/aromatic N) is 3. The molecule has 0 saturated heterocycles. The van der Waals surface area contributed by atoms with E-state index in [0.29, 0.717) is 40.9 Å². The normalized spacial score (nSPS) is 10.5. The number of carbonyl (C=O) groups excluding carboxylic acids is 1. The lowest BCUT2D eigenvalue weighted by Crippen LogP contribution is -2.31. The number of rotatable bonds is 6. The molecule has 0 aliphatic carbocycles. The van der Waals surface area contributed by atoms with E-state index < -0.39 is 0 Å². The molecule has 2 heterocycles. The third-order valence-electron chi connectivity index (χ3n) is 3.80. The molecule has 0 bridgehead atoms. The second kappa shape index (κ2) is 9.34. The van der Waals surface area contributed by atoms with Gasteiger partial charge in [0.2, 0.25) is 0 Å². The maximum atomic E-state index is 12.0. The maximum absolute atomic E-state index is 12.0. The zero-order valence-corrected chi connectivity index (χ0v) is 16.2. The van der Waals surface area contributed by atoms with E-state index >= 15 is 0 Å². The lowest BCUT2D eigenvalue weighted by Gasteiger charge is -2.10. The summed E-state index contributed by atoms with van der Waals surface area (Å²) >= 11 is 11.8. The van der Waals surface area contributed by atoms with E-state index in [0.717, 1.165) is 5.56 Å². The van der Waals surface area contributed by atoms with Gasteiger partial charge in [-0.15, -0.1) is 0 Å². The Bertz CT molecular complexity index is 1000. The summed E-state index contributed by atoms with van der Waals surface area (Å²) in [5.74, 6) is 0. The molecule has 0 aliphatic heterocycles. The molecule has 28 heavy (non-hydrogen) atoms. The Morgan fingerprint density at radius 2 is 1.75 bits per heavy atom. The second-order valence-corrected chi connectivity index (χ2v) is 6.78. The fraction of sp³-hybridized carbons (Fsp3) is 0.158. The van der Waals surface area contributed by atoms with Crippen LogP contribution in [0.1, 0.15) is 6.42 Å². The van der Waals surface area contributed by atoms with E-state index in [9.17, 15) is 9.59 Å². The molecule has 2 N–H and O–H groups in total. The Labute approximate surface area is 171 Å². The third-order valence-corrected chi connectivity index (χ3v) is 4.23. The van der Waals surface area contributed by atoms with Gasteiger partial charge in [0, 0.05) is 52.8 Å². The second-order valence-electron chi connectivity index (χ2n) is 5.91. The minimum atomic E-state index is -0.385. The van der Waals surface area contributed by atoms with Crippen molar-refractivity contribution in [3.8, 4) is 11.3 Å². The molecule has 2 amide bonds. The van der Waals surface area contributed by atoms with Crippen LogP contribution in [0.25, 0.3) is 11.3 Å². The van der Waals surface area contributed by atoms with Gasteiger partial charge >= 0.3 is 6.03 Å². The van der Waals surface area contributed by atoms with Crippen molar-refractivity contribution in [1.29, 1.82) is 0 Å². The Kier molecular flexibility index (Phi) is 6.62. The van der Waals surface area contributed by atoms with Crippen LogP contribution in [0.15, 0.2) is 59.7 Å². The van der Waals surface area contributed by atoms with Crippen LogP contribution in [-0.4, -0.2) is 27.3 Å². The van der Waals surface area contributed by atoms with Crippen LogP contribution in [-0.2, 0) is 6.54 Å². The minimum Gasteiger partial charge on any atom is -0.338 e. The third kappa shape index (κ3) is 5.55. The molecule has 9 heteroatoms. The summed E-state index contributed by atoms with van der Waals surface area (Å²) in [5.41, 5.74) is 1.86. The first-order valence-electron chi connectivity index (χ1n) is 8.51. The Morgan fingerprint density at radius 3 is 2.46 bits per heavy atom. The van der Waals surface area contributed by atoms with Crippen LogP contribution in [0.4, 0.5) is 10.5 Å². The smallest absolute Gasteiger partial charge is 0.319 e. The van der Waals surface area contributed by atoms with Crippen molar-refractivity contribution in [1.82, 2.24) is 20.1 Å². The molecule has 0 atom stereocenters. The summed E-state index contributed by atoms with van der Waals surface area (Å²) in [7, 11) is 0. The molecular weight excluding hydrogens is 401 g/mol. The highest BCUT2D eigenvalue weighted by Crippen LogP contribution is 2.22. The molecule has 0 radical (unpaired) electrons. The number of hydrogen-bond donors (Lipinski definition) is 2. The SMILES string of the molecule is O=C(NCCCn1nc(-c2ccncc2)ccc1=O)Nc1cc(Cl)cc(Cl)c1. The van der Waals surface area contributed by atoms with Gasteiger partial charge in [-0.2, -0.15) is 5.10 Å². The van der Waals surface area contributed by atoms with Crippen LogP contribution in [0.5, 0.6) is 0 Å². The average Bonchev–Trinajstić information content (AvgIpc) is 2.66. The fourth-order valence-corrected chi connectivity index (χ4v) is 3.04. The largest absolute Gasteiger partial charge is 0.338 e. The molecular formula is C19H17Cl2N5O2. The van der Waals surface area contributed by atoms with E-state index in [2.05, 4.69) is 20.7 Å². The summed E-state index contributed by atoms with van der Waals surface area (Å²) in [6.07, 6.45) is 3.88. The van der Waals surface area contributed by atoms with Crippen LogP contribution in [0.3, 0.4) is 0 Å². The number of benzene rings is 1. The van der Waals surface area contributed by atoms with E-state index in [1.807, 2.05) is 12.1 Å². The zero-order chi connectivity index (χ0) is 19.9. The van der Waals surface area contributed by atoms with Gasteiger partial charge in [-0.25, -0.2) is 9.48 Å². The highest BCUT2D eigenvalue weighted by atomic mass is 35.5. The highest BCUT2D eigenvalue weighted by molar-refractivity contribution is 6.35. The predicted molar refractivity (Wildman–Crippen MR) is 110 cm³/mol. The number of hydrogen-bond acceptors (Lipinski definition) is 4. The highest BCUT2D eigenvalue weighted by Gasteiger charge is 2.05. The maximum Gasteiger partial charge on any atom is 0.319 e. The first-order chi connectivity index (χ1) is 13.5. The van der Waals surface area contributed by atoms with Crippen LogP contribution >= 0.6 is 23.2 Å². The molecule has 0 spiro atoms. The van der Waals surface area contributed by atoms with Crippen LogP contribution in [0, 0.1) is 0 Å². The molecule has 0 unspecified atom stereocenters. The monoisotopic (exact) mass is 417 g/mol. The van der Waals surface area contributed by atoms with Crippen molar-refractivity contribution in [2.75, 3.05) is 11.9 Å². The Balaban J connectivity index is 1.52. The van der Waals surface area contributed by atoms with Crippen LogP contribution in [0.2, 0.25) is 10.0 Å². The molecule has 144 valence electrons.